The van der Waals surface area contributed by atoms with Crippen LogP contribution in [0.5, 0.6) is 0 Å². The molecule has 0 radical (unpaired) electrons. The summed E-state index contributed by atoms with van der Waals surface area (Å²) in [5.74, 6) is -0.356. The summed E-state index contributed by atoms with van der Waals surface area (Å²) < 4.78 is 0. The van der Waals surface area contributed by atoms with Crippen LogP contribution in [0, 0.1) is 0 Å². The Balaban J connectivity index is 4.43. The molecule has 88 valence electrons. The van der Waals surface area contributed by atoms with E-state index in [-0.39, 0.29) is 29.5 Å². The second-order valence-corrected chi connectivity index (χ2v) is 4.61. The van der Waals surface area contributed by atoms with Crippen LogP contribution in [0.2, 0.25) is 0 Å². The molecule has 0 saturated carbocycles. The molecule has 5 heteroatoms. The number of hydrogen-bond donors (Lipinski definition) is 1. The maximum Gasteiger partial charge on any atom is 0.217 e. The van der Waals surface area contributed by atoms with E-state index >= 15 is 0 Å². The van der Waals surface area contributed by atoms with Crippen molar-refractivity contribution in [3.63, 3.8) is 0 Å². The van der Waals surface area contributed by atoms with Gasteiger partial charge in [-0.05, 0) is 33.6 Å². The van der Waals surface area contributed by atoms with E-state index in [1.54, 1.807) is 6.26 Å². The molecular formula is C10H20N2O2S. The molecule has 0 aliphatic rings. The first kappa shape index (κ1) is 14.5. The highest BCUT2D eigenvalue weighted by molar-refractivity contribution is 8.13. The van der Waals surface area contributed by atoms with Crippen LogP contribution in [0.15, 0.2) is 0 Å². The van der Waals surface area contributed by atoms with Gasteiger partial charge in [0.05, 0.1) is 6.04 Å². The summed E-state index contributed by atoms with van der Waals surface area (Å²) in [5.41, 5.74) is 5.08. The van der Waals surface area contributed by atoms with Crippen LogP contribution in [0.3, 0.4) is 0 Å². The minimum Gasteiger partial charge on any atom is -0.370 e. The lowest BCUT2D eigenvalue weighted by atomic mass is 10.1. The molecule has 15 heavy (non-hydrogen) atoms. The fourth-order valence-electron chi connectivity index (χ4n) is 1.26. The first-order valence-electron chi connectivity index (χ1n) is 4.98. The maximum absolute atomic E-state index is 11.6. The van der Waals surface area contributed by atoms with Gasteiger partial charge < -0.3 is 5.73 Å². The largest absolute Gasteiger partial charge is 0.370 e. The highest BCUT2D eigenvalue weighted by atomic mass is 32.2. The summed E-state index contributed by atoms with van der Waals surface area (Å²) in [6.45, 7) is 4.04. The third kappa shape index (κ3) is 5.18. The SMILES string of the molecule is CSC(=O)[C@H](CCC(N)=O)N(C)C(C)C. The van der Waals surface area contributed by atoms with E-state index in [0.717, 1.165) is 0 Å². The van der Waals surface area contributed by atoms with E-state index in [1.807, 2.05) is 25.8 Å². The van der Waals surface area contributed by atoms with Crippen molar-refractivity contribution in [2.45, 2.75) is 38.8 Å². The molecule has 0 fully saturated rings. The number of nitrogens with zero attached hydrogens (tertiary/aromatic N) is 1. The zero-order valence-corrected chi connectivity index (χ0v) is 10.6. The molecule has 0 saturated heterocycles. The van der Waals surface area contributed by atoms with Gasteiger partial charge in [0, 0.05) is 12.5 Å². The molecule has 0 aliphatic heterocycles. The molecule has 4 nitrogen and oxygen atoms in total. The normalized spacial score (nSPS) is 13.2. The number of thioether (sulfide) groups is 1. The first-order valence-corrected chi connectivity index (χ1v) is 6.20. The van der Waals surface area contributed by atoms with Gasteiger partial charge >= 0.3 is 0 Å². The van der Waals surface area contributed by atoms with Gasteiger partial charge in [-0.25, -0.2) is 0 Å². The lowest BCUT2D eigenvalue weighted by Crippen LogP contribution is -2.42. The van der Waals surface area contributed by atoms with Crippen molar-refractivity contribution in [1.82, 2.24) is 4.90 Å². The Morgan fingerprint density at radius 2 is 1.93 bits per heavy atom. The van der Waals surface area contributed by atoms with Crippen molar-refractivity contribution in [2.24, 2.45) is 5.73 Å². The fraction of sp³-hybridized carbons (Fsp3) is 0.800. The maximum atomic E-state index is 11.6. The van der Waals surface area contributed by atoms with Crippen LogP contribution >= 0.6 is 11.8 Å². The van der Waals surface area contributed by atoms with Gasteiger partial charge in [0.1, 0.15) is 0 Å². The predicted molar refractivity (Wildman–Crippen MR) is 63.6 cm³/mol. The molecular weight excluding hydrogens is 212 g/mol. The van der Waals surface area contributed by atoms with E-state index in [1.165, 1.54) is 11.8 Å². The van der Waals surface area contributed by atoms with Crippen molar-refractivity contribution in [1.29, 1.82) is 0 Å². The van der Waals surface area contributed by atoms with Gasteiger partial charge in [0.15, 0.2) is 0 Å². The average molecular weight is 232 g/mol. The Hall–Kier alpha value is -0.550. The number of nitrogens with two attached hydrogens (primary N) is 1. The molecule has 0 rings (SSSR count). The Bertz CT molecular complexity index is 231. The van der Waals surface area contributed by atoms with Crippen LogP contribution in [0.1, 0.15) is 26.7 Å². The minimum atomic E-state index is -0.356. The molecule has 0 aromatic heterocycles. The lowest BCUT2D eigenvalue weighted by molar-refractivity contribution is -0.119. The summed E-state index contributed by atoms with van der Waals surface area (Å²) in [7, 11) is 1.89. The summed E-state index contributed by atoms with van der Waals surface area (Å²) >= 11 is 1.20. The topological polar surface area (TPSA) is 63.4 Å². The van der Waals surface area contributed by atoms with E-state index in [4.69, 9.17) is 5.73 Å². The number of rotatable bonds is 6. The molecule has 0 bridgehead atoms. The van der Waals surface area contributed by atoms with Crippen molar-refractivity contribution in [3.8, 4) is 0 Å². The summed E-state index contributed by atoms with van der Waals surface area (Å²) in [6.07, 6.45) is 2.52. The Morgan fingerprint density at radius 3 is 2.27 bits per heavy atom. The average Bonchev–Trinajstić information content (AvgIpc) is 2.16. The predicted octanol–water partition coefficient (Wildman–Crippen LogP) is 0.850. The number of hydrogen-bond acceptors (Lipinski definition) is 4. The number of carbonyl (C=O) groups is 2. The zero-order valence-electron chi connectivity index (χ0n) is 9.82. The Labute approximate surface area is 95.6 Å². The van der Waals surface area contributed by atoms with Gasteiger partial charge in [-0.15, -0.1) is 0 Å². The molecule has 1 amide bonds. The Morgan fingerprint density at radius 1 is 1.40 bits per heavy atom. The van der Waals surface area contributed by atoms with Crippen LogP contribution < -0.4 is 5.73 Å². The third-order valence-electron chi connectivity index (χ3n) is 2.44. The van der Waals surface area contributed by atoms with E-state index in [0.29, 0.717) is 6.42 Å². The standard InChI is InChI=1S/C10H20N2O2S/c1-7(2)12(3)8(10(14)15-4)5-6-9(11)13/h7-8H,5-6H2,1-4H3,(H2,11,13)/t8-/m0/s1. The molecule has 0 aromatic carbocycles. The third-order valence-corrected chi connectivity index (χ3v) is 3.12. The van der Waals surface area contributed by atoms with Gasteiger partial charge in [0.2, 0.25) is 11.0 Å². The second kappa shape index (κ2) is 6.85. The van der Waals surface area contributed by atoms with Crippen LogP contribution in [-0.2, 0) is 9.59 Å². The fourth-order valence-corrected chi connectivity index (χ4v) is 1.82. The van der Waals surface area contributed by atoms with Crippen LogP contribution in [0.25, 0.3) is 0 Å². The Kier molecular flexibility index (Phi) is 6.60. The van der Waals surface area contributed by atoms with E-state index in [9.17, 15) is 9.59 Å². The lowest BCUT2D eigenvalue weighted by Gasteiger charge is -2.29. The summed E-state index contributed by atoms with van der Waals surface area (Å²) in [5, 5.41) is 0.0902. The van der Waals surface area contributed by atoms with Gasteiger partial charge in [-0.1, -0.05) is 11.8 Å². The smallest absolute Gasteiger partial charge is 0.217 e. The van der Waals surface area contributed by atoms with Crippen LogP contribution in [0.4, 0.5) is 0 Å². The van der Waals surface area contributed by atoms with Crippen LogP contribution in [-0.4, -0.2) is 41.3 Å². The van der Waals surface area contributed by atoms with E-state index < -0.39 is 0 Å². The number of likely N-dealkylation sites (N-methyl/N-ethyl adjacent to an activating group) is 1. The molecule has 0 heterocycles. The molecule has 0 aromatic rings. The highest BCUT2D eigenvalue weighted by Crippen LogP contribution is 2.14. The molecule has 2 N–H and O–H groups in total. The van der Waals surface area contributed by atoms with Gasteiger partial charge in [-0.3, -0.25) is 14.5 Å². The molecule has 0 aliphatic carbocycles. The highest BCUT2D eigenvalue weighted by Gasteiger charge is 2.24. The quantitative estimate of drug-likeness (QED) is 0.737. The van der Waals surface area contributed by atoms with Gasteiger partial charge in [0.25, 0.3) is 0 Å². The van der Waals surface area contributed by atoms with E-state index in [2.05, 4.69) is 0 Å². The molecule has 1 atom stereocenters. The second-order valence-electron chi connectivity index (χ2n) is 3.80. The van der Waals surface area contributed by atoms with Crippen molar-refractivity contribution in [2.75, 3.05) is 13.3 Å². The minimum absolute atomic E-state index is 0.0902. The van der Waals surface area contributed by atoms with Crippen molar-refractivity contribution in [3.05, 3.63) is 0 Å². The number of primary amides is 1. The van der Waals surface area contributed by atoms with Crippen molar-refractivity contribution >= 4 is 22.8 Å². The van der Waals surface area contributed by atoms with Crippen molar-refractivity contribution < 1.29 is 9.59 Å². The monoisotopic (exact) mass is 232 g/mol. The molecule has 0 unspecified atom stereocenters. The summed E-state index contributed by atoms with van der Waals surface area (Å²) in [4.78, 5) is 24.3. The zero-order chi connectivity index (χ0) is 12.0. The first-order chi connectivity index (χ1) is 6.90. The van der Waals surface area contributed by atoms with Gasteiger partial charge in [-0.2, -0.15) is 0 Å². The summed E-state index contributed by atoms with van der Waals surface area (Å²) in [6, 6.07) is 0.0616. The number of carbonyl (C=O) groups excluding carboxylic acids is 2. The number of amides is 1. The molecule has 0 spiro atoms.